The van der Waals surface area contributed by atoms with E-state index in [1.807, 2.05) is 13.1 Å². The van der Waals surface area contributed by atoms with Crippen molar-refractivity contribution >= 4 is 28.6 Å². The highest BCUT2D eigenvalue weighted by molar-refractivity contribution is 7.14. The quantitative estimate of drug-likeness (QED) is 0.823. The number of piperidine rings is 1. The van der Waals surface area contributed by atoms with E-state index in [2.05, 4.69) is 46.2 Å². The molecule has 0 saturated carbocycles. The summed E-state index contributed by atoms with van der Waals surface area (Å²) in [6.07, 6.45) is 4.05. The minimum absolute atomic E-state index is 0.244. The maximum Gasteiger partial charge on any atom is 0.151 e. The normalized spacial score (nSPS) is 17.2. The molecule has 3 heterocycles. The van der Waals surface area contributed by atoms with Crippen LogP contribution in [0.3, 0.4) is 0 Å². The molecular formula is C17H24ClN5S. The van der Waals surface area contributed by atoms with Gasteiger partial charge in [-0.1, -0.05) is 22.9 Å². The fraction of sp³-hybridized carbons (Fsp3) is 0.588. The Bertz CT molecular complexity index is 701. The van der Waals surface area contributed by atoms with Gasteiger partial charge in [0.05, 0.1) is 5.56 Å². The average Bonchev–Trinajstić information content (AvgIpc) is 3.03. The first-order valence-electron chi connectivity index (χ1n) is 8.30. The van der Waals surface area contributed by atoms with Gasteiger partial charge in [0.25, 0.3) is 0 Å². The van der Waals surface area contributed by atoms with Crippen molar-refractivity contribution in [3.8, 4) is 10.6 Å². The summed E-state index contributed by atoms with van der Waals surface area (Å²) in [5.74, 6) is 0.508. The summed E-state index contributed by atoms with van der Waals surface area (Å²) in [6.45, 7) is 9.08. The molecule has 0 aliphatic carbocycles. The molecule has 0 amide bonds. The molecule has 0 aromatic carbocycles. The summed E-state index contributed by atoms with van der Waals surface area (Å²) in [5.41, 5.74) is 2.13. The number of nitrogens with one attached hydrogen (secondary N) is 1. The van der Waals surface area contributed by atoms with Gasteiger partial charge in [-0.05, 0) is 52.8 Å². The van der Waals surface area contributed by atoms with Crippen LogP contribution >= 0.6 is 22.9 Å². The molecule has 24 heavy (non-hydrogen) atoms. The van der Waals surface area contributed by atoms with Crippen LogP contribution in [0.15, 0.2) is 12.3 Å². The van der Waals surface area contributed by atoms with E-state index in [1.165, 1.54) is 0 Å². The number of rotatable bonds is 3. The minimum atomic E-state index is 0.244. The maximum atomic E-state index is 5.97. The molecule has 1 aliphatic rings. The molecule has 0 spiro atoms. The van der Waals surface area contributed by atoms with Crippen LogP contribution in [0.2, 0.25) is 5.15 Å². The summed E-state index contributed by atoms with van der Waals surface area (Å²) in [4.78, 5) is 6.73. The lowest BCUT2D eigenvalue weighted by atomic mass is 9.93. The molecule has 5 nitrogen and oxygen atoms in total. The van der Waals surface area contributed by atoms with Crippen molar-refractivity contribution in [2.24, 2.45) is 0 Å². The van der Waals surface area contributed by atoms with Crippen LogP contribution in [0, 0.1) is 0 Å². The van der Waals surface area contributed by atoms with Crippen LogP contribution in [-0.4, -0.2) is 45.8 Å². The van der Waals surface area contributed by atoms with Crippen LogP contribution in [0.25, 0.3) is 10.6 Å². The molecule has 130 valence electrons. The van der Waals surface area contributed by atoms with Gasteiger partial charge in [-0.2, -0.15) is 0 Å². The van der Waals surface area contributed by atoms with Crippen LogP contribution in [0.5, 0.6) is 0 Å². The number of hydrogen-bond donors (Lipinski definition) is 1. The molecule has 1 saturated heterocycles. The second-order valence-electron chi connectivity index (χ2n) is 7.18. The molecule has 0 unspecified atom stereocenters. The van der Waals surface area contributed by atoms with Crippen LogP contribution in [0.1, 0.15) is 44.5 Å². The van der Waals surface area contributed by atoms with Gasteiger partial charge >= 0.3 is 0 Å². The molecule has 0 bridgehead atoms. The predicted molar refractivity (Wildman–Crippen MR) is 101 cm³/mol. The van der Waals surface area contributed by atoms with Gasteiger partial charge in [0.15, 0.2) is 5.01 Å². The first-order valence-corrected chi connectivity index (χ1v) is 9.50. The molecule has 1 fully saturated rings. The first-order chi connectivity index (χ1) is 11.4. The van der Waals surface area contributed by atoms with E-state index in [1.54, 1.807) is 17.5 Å². The summed E-state index contributed by atoms with van der Waals surface area (Å²) in [5, 5.41) is 14.5. The van der Waals surface area contributed by atoms with E-state index >= 15 is 0 Å². The molecule has 0 radical (unpaired) electrons. The Kier molecular flexibility index (Phi) is 5.08. The predicted octanol–water partition coefficient (Wildman–Crippen LogP) is 4.27. The van der Waals surface area contributed by atoms with Crippen molar-refractivity contribution in [3.63, 3.8) is 0 Å². The first kappa shape index (κ1) is 17.6. The smallest absolute Gasteiger partial charge is 0.151 e. The highest BCUT2D eigenvalue weighted by atomic mass is 35.5. The molecule has 0 atom stereocenters. The Balaban J connectivity index is 1.75. The number of halogens is 1. The number of aromatic nitrogens is 3. The Morgan fingerprint density at radius 1 is 1.25 bits per heavy atom. The van der Waals surface area contributed by atoms with Crippen LogP contribution < -0.4 is 5.32 Å². The second-order valence-corrected chi connectivity index (χ2v) is 8.58. The minimum Gasteiger partial charge on any atom is -0.387 e. The van der Waals surface area contributed by atoms with Crippen molar-refractivity contribution in [1.29, 1.82) is 0 Å². The Morgan fingerprint density at radius 3 is 2.58 bits per heavy atom. The maximum absolute atomic E-state index is 5.97. The van der Waals surface area contributed by atoms with E-state index in [0.717, 1.165) is 47.2 Å². The van der Waals surface area contributed by atoms with Crippen molar-refractivity contribution < 1.29 is 0 Å². The summed E-state index contributed by atoms with van der Waals surface area (Å²) < 4.78 is 0. The number of hydrogen-bond acceptors (Lipinski definition) is 6. The SMILES string of the molecule is CNc1cc(Cl)ncc1-c1nnc(C2CCN(C(C)(C)C)CC2)s1. The van der Waals surface area contributed by atoms with Crippen molar-refractivity contribution in [3.05, 3.63) is 22.4 Å². The zero-order valence-electron chi connectivity index (χ0n) is 14.6. The zero-order chi connectivity index (χ0) is 17.3. The van der Waals surface area contributed by atoms with Crippen molar-refractivity contribution in [2.75, 3.05) is 25.5 Å². The fourth-order valence-corrected chi connectivity index (χ4v) is 4.31. The van der Waals surface area contributed by atoms with E-state index in [4.69, 9.17) is 11.6 Å². The average molecular weight is 366 g/mol. The molecular weight excluding hydrogens is 342 g/mol. The van der Waals surface area contributed by atoms with E-state index < -0.39 is 0 Å². The number of anilines is 1. The van der Waals surface area contributed by atoms with Gasteiger partial charge in [0.2, 0.25) is 0 Å². The lowest BCUT2D eigenvalue weighted by Gasteiger charge is -2.40. The lowest BCUT2D eigenvalue weighted by molar-refractivity contribution is 0.102. The lowest BCUT2D eigenvalue weighted by Crippen LogP contribution is -2.45. The third kappa shape index (κ3) is 3.71. The Labute approximate surface area is 152 Å². The van der Waals surface area contributed by atoms with E-state index in [0.29, 0.717) is 11.1 Å². The van der Waals surface area contributed by atoms with Gasteiger partial charge in [0.1, 0.15) is 10.2 Å². The topological polar surface area (TPSA) is 53.9 Å². The van der Waals surface area contributed by atoms with Gasteiger partial charge in [0, 0.05) is 30.4 Å². The summed E-state index contributed by atoms with van der Waals surface area (Å²) in [6, 6.07) is 1.82. The largest absolute Gasteiger partial charge is 0.387 e. The van der Waals surface area contributed by atoms with Crippen molar-refractivity contribution in [2.45, 2.75) is 45.1 Å². The van der Waals surface area contributed by atoms with Gasteiger partial charge in [-0.25, -0.2) is 4.98 Å². The summed E-state index contributed by atoms with van der Waals surface area (Å²) >= 11 is 7.64. The van der Waals surface area contributed by atoms with Crippen LogP contribution in [-0.2, 0) is 0 Å². The third-order valence-corrected chi connectivity index (χ3v) is 5.93. The zero-order valence-corrected chi connectivity index (χ0v) is 16.2. The number of likely N-dealkylation sites (tertiary alicyclic amines) is 1. The number of pyridine rings is 1. The molecule has 3 rings (SSSR count). The molecule has 1 N–H and O–H groups in total. The van der Waals surface area contributed by atoms with E-state index in [-0.39, 0.29) is 5.54 Å². The third-order valence-electron chi connectivity index (χ3n) is 4.60. The Morgan fingerprint density at radius 2 is 1.96 bits per heavy atom. The van der Waals surface area contributed by atoms with E-state index in [9.17, 15) is 0 Å². The fourth-order valence-electron chi connectivity index (χ4n) is 3.11. The molecule has 2 aromatic heterocycles. The van der Waals surface area contributed by atoms with Crippen LogP contribution in [0.4, 0.5) is 5.69 Å². The number of nitrogens with zero attached hydrogens (tertiary/aromatic N) is 4. The molecule has 7 heteroatoms. The van der Waals surface area contributed by atoms with Gasteiger partial charge in [-0.3, -0.25) is 4.90 Å². The standard InChI is InChI=1S/C17H24ClN5S/c1-17(2,3)23-7-5-11(6-8-23)15-21-22-16(24-15)12-10-20-14(18)9-13(12)19-4/h9-11H,5-8H2,1-4H3,(H,19,20). The Hall–Kier alpha value is -1.24. The monoisotopic (exact) mass is 365 g/mol. The second kappa shape index (κ2) is 6.94. The van der Waals surface area contributed by atoms with Gasteiger partial charge in [-0.15, -0.1) is 10.2 Å². The van der Waals surface area contributed by atoms with Crippen molar-refractivity contribution in [1.82, 2.24) is 20.1 Å². The highest BCUT2D eigenvalue weighted by Gasteiger charge is 2.29. The molecule has 2 aromatic rings. The highest BCUT2D eigenvalue weighted by Crippen LogP contribution is 2.37. The summed E-state index contributed by atoms with van der Waals surface area (Å²) in [7, 11) is 1.87. The molecule has 1 aliphatic heterocycles. The van der Waals surface area contributed by atoms with Gasteiger partial charge < -0.3 is 5.32 Å².